The minimum absolute atomic E-state index is 0.0376. The van der Waals surface area contributed by atoms with Crippen LogP contribution < -0.4 is 32.7 Å². The molecule has 2 fully saturated rings. The first kappa shape index (κ1) is 46.9. The van der Waals surface area contributed by atoms with Crippen molar-refractivity contribution in [2.75, 3.05) is 19.6 Å². The molecule has 1 unspecified atom stereocenters. The molecule has 2 saturated heterocycles. The molecule has 60 heavy (non-hydrogen) atoms. The summed E-state index contributed by atoms with van der Waals surface area (Å²) in [5.74, 6) is -5.56. The molecule has 2 aromatic rings. The van der Waals surface area contributed by atoms with Crippen LogP contribution in [0.4, 0.5) is 0 Å². The van der Waals surface area contributed by atoms with Crippen molar-refractivity contribution in [1.29, 1.82) is 0 Å². The van der Waals surface area contributed by atoms with Crippen LogP contribution in [0.15, 0.2) is 42.6 Å². The van der Waals surface area contributed by atoms with E-state index < -0.39 is 77.7 Å². The quantitative estimate of drug-likeness (QED) is 0.0811. The minimum Gasteiger partial charge on any atom is -0.480 e. The van der Waals surface area contributed by atoms with Crippen molar-refractivity contribution >= 4 is 58.2 Å². The zero-order valence-corrected chi connectivity index (χ0v) is 34.9. The van der Waals surface area contributed by atoms with E-state index in [-0.39, 0.29) is 50.1 Å². The van der Waals surface area contributed by atoms with E-state index in [2.05, 4.69) is 26.3 Å². The summed E-state index contributed by atoms with van der Waals surface area (Å²) in [4.78, 5) is 111. The summed E-state index contributed by atoms with van der Waals surface area (Å²) in [5.41, 5.74) is 12.6. The largest absolute Gasteiger partial charge is 0.480 e. The number of nitrogens with two attached hydrogens (primary N) is 2. The number of benzene rings is 1. The van der Waals surface area contributed by atoms with Crippen LogP contribution in [0.3, 0.4) is 0 Å². The number of carbonyl (C=O) groups is 8. The second kappa shape index (κ2) is 22.0. The molecule has 10 N–H and O–H groups in total. The van der Waals surface area contributed by atoms with Crippen LogP contribution in [0.2, 0.25) is 0 Å². The van der Waals surface area contributed by atoms with E-state index in [9.17, 15) is 43.5 Å². The molecule has 0 saturated carbocycles. The summed E-state index contributed by atoms with van der Waals surface area (Å²) in [5, 5.41) is 21.7. The molecule has 328 valence electrons. The van der Waals surface area contributed by atoms with Gasteiger partial charge in [-0.15, -0.1) is 0 Å². The van der Waals surface area contributed by atoms with E-state index in [1.165, 1.54) is 22.0 Å². The predicted octanol–water partition coefficient (Wildman–Crippen LogP) is 0.589. The maximum absolute atomic E-state index is 13.9. The monoisotopic (exact) mass is 835 g/mol. The number of nitrogens with zero attached hydrogens (tertiary/aromatic N) is 2. The molecule has 0 spiro atoms. The number of rotatable bonds is 21. The lowest BCUT2D eigenvalue weighted by Crippen LogP contribution is -2.59. The van der Waals surface area contributed by atoms with Crippen molar-refractivity contribution in [3.63, 3.8) is 0 Å². The first-order valence-corrected chi connectivity index (χ1v) is 20.8. The van der Waals surface area contributed by atoms with Crippen molar-refractivity contribution in [1.82, 2.24) is 36.1 Å². The van der Waals surface area contributed by atoms with Gasteiger partial charge in [-0.3, -0.25) is 33.6 Å². The molecule has 2 aliphatic heterocycles. The Balaban J connectivity index is 1.45. The van der Waals surface area contributed by atoms with E-state index in [0.29, 0.717) is 45.1 Å². The van der Waals surface area contributed by atoms with Gasteiger partial charge in [-0.2, -0.15) is 0 Å². The van der Waals surface area contributed by atoms with Gasteiger partial charge in [-0.05, 0) is 62.0 Å². The zero-order valence-electron chi connectivity index (χ0n) is 34.9. The number of carboxylic acids is 1. The van der Waals surface area contributed by atoms with Crippen LogP contribution in [-0.2, 0) is 44.8 Å². The molecule has 3 heterocycles. The van der Waals surface area contributed by atoms with Gasteiger partial charge in [0.2, 0.25) is 41.4 Å². The lowest BCUT2D eigenvalue weighted by molar-refractivity contribution is -0.146. The Morgan fingerprint density at radius 2 is 1.58 bits per heavy atom. The number of hydrogen-bond donors (Lipinski definition) is 8. The van der Waals surface area contributed by atoms with Crippen LogP contribution in [0.1, 0.15) is 84.6 Å². The highest BCUT2D eigenvalue weighted by Gasteiger charge is 2.43. The molecule has 18 heteroatoms. The van der Waals surface area contributed by atoms with Gasteiger partial charge in [0.1, 0.15) is 30.2 Å². The molecule has 18 nitrogen and oxygen atoms in total. The number of aromatic nitrogens is 1. The lowest BCUT2D eigenvalue weighted by Gasteiger charge is -2.32. The van der Waals surface area contributed by atoms with Gasteiger partial charge in [0, 0.05) is 55.1 Å². The lowest BCUT2D eigenvalue weighted by atomic mass is 9.96. The third-order valence-electron chi connectivity index (χ3n) is 11.2. The number of para-hydroxylation sites is 1. The van der Waals surface area contributed by atoms with Crippen molar-refractivity contribution in [2.45, 2.75) is 122 Å². The minimum atomic E-state index is -1.29. The summed E-state index contributed by atoms with van der Waals surface area (Å²) >= 11 is 0. The maximum atomic E-state index is 13.9. The summed E-state index contributed by atoms with van der Waals surface area (Å²) < 4.78 is 0. The standard InChI is InChI=1S/C42H61N9O9/c1-5-25(4)37(40(57)46-27(20-24(2)3)14-17-35(53)47-31(42(59)60)21-26-23-45-29-11-7-6-10-28(26)29)49-38(55)30(15-16-34(44)52)48-39(56)32-12-8-19-51(32)41(58)33-13-9-18-50(33)36(54)22-43/h6-7,10-11,14,17,23-25,27,30-33,37,45H,5,8-9,12-13,15-16,18-22,43H2,1-4H3,(H2,44,52)(H,46,57)(H,47,53)(H,48,56)(H,49,55)(H,59,60)/b17-14+/t25-,27?,30-,31+,32-,33-,37-/m0/s1. The molecular formula is C42H61N9O9. The summed E-state index contributed by atoms with van der Waals surface area (Å²) in [7, 11) is 0. The van der Waals surface area contributed by atoms with Crippen molar-refractivity contribution in [2.24, 2.45) is 23.3 Å². The number of carbonyl (C=O) groups excluding carboxylic acids is 7. The van der Waals surface area contributed by atoms with Crippen LogP contribution in [-0.4, -0.2) is 123 Å². The van der Waals surface area contributed by atoms with Crippen LogP contribution in [0.5, 0.6) is 0 Å². The average Bonchev–Trinajstić information content (AvgIpc) is 4.00. The second-order valence-electron chi connectivity index (χ2n) is 16.1. The number of aromatic amines is 1. The van der Waals surface area contributed by atoms with Crippen LogP contribution in [0.25, 0.3) is 10.9 Å². The number of primary amides is 1. The molecule has 2 aliphatic rings. The Kier molecular flexibility index (Phi) is 17.2. The summed E-state index contributed by atoms with van der Waals surface area (Å²) in [6.07, 6.45) is 6.77. The number of fused-ring (bicyclic) bond motifs is 1. The Morgan fingerprint density at radius 3 is 2.23 bits per heavy atom. The third-order valence-corrected chi connectivity index (χ3v) is 11.2. The number of hydrogen-bond acceptors (Lipinski definition) is 9. The Morgan fingerprint density at radius 1 is 0.900 bits per heavy atom. The smallest absolute Gasteiger partial charge is 0.326 e. The first-order valence-electron chi connectivity index (χ1n) is 20.8. The molecule has 7 atom stereocenters. The maximum Gasteiger partial charge on any atom is 0.326 e. The van der Waals surface area contributed by atoms with Crippen molar-refractivity contribution in [3.05, 3.63) is 48.2 Å². The number of carboxylic acid groups (broad SMARTS) is 1. The molecule has 7 amide bonds. The first-order chi connectivity index (χ1) is 28.5. The van der Waals surface area contributed by atoms with Gasteiger partial charge in [0.15, 0.2) is 0 Å². The van der Waals surface area contributed by atoms with E-state index in [4.69, 9.17) is 11.5 Å². The molecule has 1 aromatic heterocycles. The third kappa shape index (κ3) is 12.6. The summed E-state index contributed by atoms with van der Waals surface area (Å²) in [6, 6.07) is 1.47. The Hall–Kier alpha value is -5.78. The van der Waals surface area contributed by atoms with Crippen molar-refractivity contribution in [3.8, 4) is 0 Å². The second-order valence-corrected chi connectivity index (χ2v) is 16.1. The van der Waals surface area contributed by atoms with Gasteiger partial charge >= 0.3 is 5.97 Å². The van der Waals surface area contributed by atoms with Crippen molar-refractivity contribution < 1.29 is 43.5 Å². The molecule has 0 bridgehead atoms. The Bertz CT molecular complexity index is 1910. The highest BCUT2D eigenvalue weighted by Crippen LogP contribution is 2.25. The number of H-pyrrole nitrogens is 1. The molecule has 0 aliphatic carbocycles. The highest BCUT2D eigenvalue weighted by atomic mass is 16.4. The van der Waals surface area contributed by atoms with Gasteiger partial charge < -0.3 is 52.6 Å². The van der Waals surface area contributed by atoms with Crippen LogP contribution >= 0.6 is 0 Å². The normalized spacial score (nSPS) is 19.1. The number of amides is 7. The zero-order chi connectivity index (χ0) is 44.1. The van der Waals surface area contributed by atoms with Gasteiger partial charge in [-0.1, -0.05) is 58.4 Å². The van der Waals surface area contributed by atoms with E-state index in [1.54, 1.807) is 13.1 Å². The Labute approximate surface area is 350 Å². The number of likely N-dealkylation sites (tertiary alicyclic amines) is 2. The molecule has 0 radical (unpaired) electrons. The fourth-order valence-corrected chi connectivity index (χ4v) is 7.82. The molecule has 4 rings (SSSR count). The van der Waals surface area contributed by atoms with Gasteiger partial charge in [0.05, 0.1) is 6.54 Å². The fourth-order valence-electron chi connectivity index (χ4n) is 7.82. The molecular weight excluding hydrogens is 775 g/mol. The van der Waals surface area contributed by atoms with Gasteiger partial charge in [-0.25, -0.2) is 4.79 Å². The number of nitrogens with one attached hydrogen (secondary N) is 5. The number of aliphatic carboxylic acids is 1. The van der Waals surface area contributed by atoms with E-state index in [0.717, 1.165) is 16.5 Å². The van der Waals surface area contributed by atoms with Gasteiger partial charge in [0.25, 0.3) is 0 Å². The fraction of sp³-hybridized carbons (Fsp3) is 0.571. The molecule has 1 aromatic carbocycles. The average molecular weight is 836 g/mol. The SMILES string of the molecule is CC[C@H](C)[C@H](NC(=O)[C@H](CCC(N)=O)NC(=O)[C@@H]1CCCN1C(=O)[C@@H]1CCCN1C(=O)CN)C(=O)NC(/C=C/C(=O)N[C@H](Cc1c[nH]c2ccccc12)C(=O)O)CC(C)C. The predicted molar refractivity (Wildman–Crippen MR) is 222 cm³/mol. The highest BCUT2D eigenvalue weighted by molar-refractivity contribution is 5.97. The van der Waals surface area contributed by atoms with Crippen LogP contribution in [0, 0.1) is 11.8 Å². The van der Waals surface area contributed by atoms with E-state index >= 15 is 0 Å². The van der Waals surface area contributed by atoms with E-state index in [1.807, 2.05) is 45.0 Å². The topological polar surface area (TPSA) is 279 Å². The summed E-state index contributed by atoms with van der Waals surface area (Å²) in [6.45, 7) is 7.90.